The summed E-state index contributed by atoms with van der Waals surface area (Å²) >= 11 is 0. The monoisotopic (exact) mass is 313 g/mol. The minimum Gasteiger partial charge on any atom is -0.332 e. The van der Waals surface area contributed by atoms with Gasteiger partial charge in [-0.1, -0.05) is 30.8 Å². The Bertz CT molecular complexity index is 647. The lowest BCUT2D eigenvalue weighted by Gasteiger charge is -2.39. The van der Waals surface area contributed by atoms with Crippen LogP contribution in [0, 0.1) is 6.92 Å². The van der Waals surface area contributed by atoms with E-state index in [1.807, 2.05) is 0 Å². The lowest BCUT2D eigenvalue weighted by atomic mass is 9.95. The third kappa shape index (κ3) is 2.61. The van der Waals surface area contributed by atoms with Gasteiger partial charge in [0.1, 0.15) is 8.24 Å². The summed E-state index contributed by atoms with van der Waals surface area (Å²) in [5.41, 5.74) is 10.4. The second-order valence-corrected chi connectivity index (χ2v) is 13.2. The summed E-state index contributed by atoms with van der Waals surface area (Å²) in [6.45, 7) is 16.6. The Labute approximate surface area is 137 Å². The van der Waals surface area contributed by atoms with Crippen molar-refractivity contribution in [1.82, 2.24) is 4.98 Å². The Balaban J connectivity index is 2.08. The zero-order valence-corrected chi connectivity index (χ0v) is 16.4. The molecule has 2 heteroatoms. The number of aryl methyl sites for hydroxylation is 1. The van der Waals surface area contributed by atoms with Crippen LogP contribution in [0.15, 0.2) is 11.6 Å². The summed E-state index contributed by atoms with van der Waals surface area (Å²) in [5.74, 6) is 0. The summed E-state index contributed by atoms with van der Waals surface area (Å²) in [6, 6.07) is 2.56. The lowest BCUT2D eigenvalue weighted by Crippen LogP contribution is -2.58. The summed E-state index contributed by atoms with van der Waals surface area (Å²) in [6.07, 6.45) is 6.39. The first-order valence-corrected chi connectivity index (χ1v) is 11.8. The van der Waals surface area contributed by atoms with Crippen LogP contribution in [0.25, 0.3) is 6.08 Å². The fraction of sp³-hybridized carbons (Fsp3) is 0.600. The molecule has 1 atom stereocenters. The van der Waals surface area contributed by atoms with Crippen molar-refractivity contribution in [2.24, 2.45) is 0 Å². The molecule has 1 N–H and O–H groups in total. The maximum atomic E-state index is 3.99. The second-order valence-electron chi connectivity index (χ2n) is 8.91. The molecule has 0 heterocycles. The van der Waals surface area contributed by atoms with Gasteiger partial charge in [0.25, 0.3) is 0 Å². The molecule has 1 nitrogen and oxygen atoms in total. The van der Waals surface area contributed by atoms with Crippen molar-refractivity contribution >= 4 is 14.3 Å². The van der Waals surface area contributed by atoms with Crippen LogP contribution in [0.5, 0.6) is 0 Å². The lowest BCUT2D eigenvalue weighted by molar-refractivity contribution is 0.508. The Hall–Kier alpha value is -0.863. The van der Waals surface area contributed by atoms with Gasteiger partial charge in [0.15, 0.2) is 0 Å². The predicted octanol–water partition coefficient (Wildman–Crippen LogP) is 5.12. The van der Waals surface area contributed by atoms with Crippen LogP contribution >= 0.6 is 0 Å². The largest absolute Gasteiger partial charge is 0.332 e. The average molecular weight is 314 g/mol. The summed E-state index contributed by atoms with van der Waals surface area (Å²) in [7, 11) is -1.59. The number of fused-ring (bicyclic) bond motifs is 2. The standard InChI is InChI=1S/C20H31NSi/c1-13-11-17-14(2)16-10-8-9-15(16)12-18(17)19(13)22(6,7)21-20(3,4)5/h11-12,19,21H,8-10H2,1-7H3. The first kappa shape index (κ1) is 16.0. The van der Waals surface area contributed by atoms with Gasteiger partial charge >= 0.3 is 0 Å². The van der Waals surface area contributed by atoms with E-state index in [1.54, 1.807) is 33.4 Å². The van der Waals surface area contributed by atoms with Crippen LogP contribution in [0.2, 0.25) is 13.1 Å². The van der Waals surface area contributed by atoms with Gasteiger partial charge in [-0.15, -0.1) is 0 Å². The molecular weight excluding hydrogens is 282 g/mol. The zero-order valence-electron chi connectivity index (χ0n) is 15.4. The molecule has 120 valence electrons. The summed E-state index contributed by atoms with van der Waals surface area (Å²) in [4.78, 5) is 3.99. The van der Waals surface area contributed by atoms with Gasteiger partial charge in [-0.2, -0.15) is 0 Å². The number of nitrogens with one attached hydrogen (secondary N) is 1. The number of hydrogen-bond acceptors (Lipinski definition) is 1. The molecule has 0 amide bonds. The molecule has 0 aromatic heterocycles. The molecule has 1 unspecified atom stereocenters. The molecule has 0 radical (unpaired) electrons. The van der Waals surface area contributed by atoms with Crippen LogP contribution in [0.1, 0.15) is 67.5 Å². The van der Waals surface area contributed by atoms with Crippen molar-refractivity contribution < 1.29 is 0 Å². The third-order valence-corrected chi connectivity index (χ3v) is 8.92. The topological polar surface area (TPSA) is 12.0 Å². The van der Waals surface area contributed by atoms with E-state index in [0.717, 1.165) is 0 Å². The van der Waals surface area contributed by atoms with Gasteiger partial charge in [0, 0.05) is 11.1 Å². The van der Waals surface area contributed by atoms with Crippen LogP contribution in [0.4, 0.5) is 0 Å². The van der Waals surface area contributed by atoms with Gasteiger partial charge in [-0.05, 0) is 81.7 Å². The Morgan fingerprint density at radius 1 is 1.14 bits per heavy atom. The van der Waals surface area contributed by atoms with E-state index in [2.05, 4.69) is 64.8 Å². The van der Waals surface area contributed by atoms with Crippen LogP contribution in [-0.4, -0.2) is 13.8 Å². The van der Waals surface area contributed by atoms with Crippen LogP contribution < -0.4 is 4.98 Å². The molecule has 1 aromatic carbocycles. The highest BCUT2D eigenvalue weighted by Gasteiger charge is 2.41. The number of rotatable bonds is 2. The third-order valence-electron chi connectivity index (χ3n) is 5.32. The fourth-order valence-electron chi connectivity index (χ4n) is 4.98. The molecule has 3 rings (SSSR count). The fourth-order valence-corrected chi connectivity index (χ4v) is 9.30. The summed E-state index contributed by atoms with van der Waals surface area (Å²) < 4.78 is 0. The second kappa shape index (κ2) is 5.07. The maximum absolute atomic E-state index is 3.99. The molecule has 0 aliphatic heterocycles. The smallest absolute Gasteiger partial charge is 0.131 e. The minimum absolute atomic E-state index is 0.185. The highest BCUT2D eigenvalue weighted by atomic mass is 28.3. The van der Waals surface area contributed by atoms with Crippen LogP contribution in [0.3, 0.4) is 0 Å². The van der Waals surface area contributed by atoms with Crippen molar-refractivity contribution in [3.05, 3.63) is 39.5 Å². The molecule has 0 saturated heterocycles. The van der Waals surface area contributed by atoms with Crippen molar-refractivity contribution in [2.75, 3.05) is 0 Å². The molecule has 2 aliphatic carbocycles. The summed E-state index contributed by atoms with van der Waals surface area (Å²) in [5, 5.41) is 0. The SMILES string of the molecule is CC1=Cc2c(cc3c(c2C)CCC3)C1[Si](C)(C)NC(C)(C)C. The Morgan fingerprint density at radius 3 is 2.45 bits per heavy atom. The van der Waals surface area contributed by atoms with Gasteiger partial charge < -0.3 is 4.98 Å². The highest BCUT2D eigenvalue weighted by Crippen LogP contribution is 2.45. The number of allylic oxidation sites excluding steroid dienone is 1. The van der Waals surface area contributed by atoms with E-state index >= 15 is 0 Å². The van der Waals surface area contributed by atoms with E-state index in [4.69, 9.17) is 0 Å². The number of hydrogen-bond donors (Lipinski definition) is 1. The van der Waals surface area contributed by atoms with Gasteiger partial charge in [-0.25, -0.2) is 0 Å². The normalized spacial score (nSPS) is 20.9. The molecular formula is C20H31NSi. The Kier molecular flexibility index (Phi) is 3.69. The van der Waals surface area contributed by atoms with Gasteiger partial charge in [-0.3, -0.25) is 0 Å². The van der Waals surface area contributed by atoms with E-state index in [9.17, 15) is 0 Å². The van der Waals surface area contributed by atoms with Gasteiger partial charge in [0.2, 0.25) is 0 Å². The Morgan fingerprint density at radius 2 is 1.82 bits per heavy atom. The van der Waals surface area contributed by atoms with Crippen LogP contribution in [-0.2, 0) is 12.8 Å². The maximum Gasteiger partial charge on any atom is 0.131 e. The minimum atomic E-state index is -1.59. The van der Waals surface area contributed by atoms with E-state index in [1.165, 1.54) is 19.3 Å². The molecule has 1 aromatic rings. The van der Waals surface area contributed by atoms with Crippen molar-refractivity contribution in [2.45, 2.75) is 78.1 Å². The zero-order chi connectivity index (χ0) is 16.3. The highest BCUT2D eigenvalue weighted by molar-refractivity contribution is 6.77. The molecule has 0 fully saturated rings. The van der Waals surface area contributed by atoms with E-state index in [-0.39, 0.29) is 5.54 Å². The average Bonchev–Trinajstić information content (AvgIpc) is 2.90. The molecule has 2 aliphatic rings. The molecule has 0 spiro atoms. The molecule has 0 saturated carbocycles. The molecule has 22 heavy (non-hydrogen) atoms. The van der Waals surface area contributed by atoms with Crippen molar-refractivity contribution in [1.29, 1.82) is 0 Å². The van der Waals surface area contributed by atoms with E-state index in [0.29, 0.717) is 5.54 Å². The number of benzene rings is 1. The first-order valence-electron chi connectivity index (χ1n) is 8.73. The predicted molar refractivity (Wildman–Crippen MR) is 100.0 cm³/mol. The van der Waals surface area contributed by atoms with Gasteiger partial charge in [0.05, 0.1) is 0 Å². The van der Waals surface area contributed by atoms with E-state index < -0.39 is 8.24 Å². The molecule has 0 bridgehead atoms. The first-order chi connectivity index (χ1) is 10.1. The van der Waals surface area contributed by atoms with Crippen molar-refractivity contribution in [3.63, 3.8) is 0 Å². The van der Waals surface area contributed by atoms with Crippen molar-refractivity contribution in [3.8, 4) is 0 Å². The quantitative estimate of drug-likeness (QED) is 0.748.